The van der Waals surface area contributed by atoms with Crippen molar-refractivity contribution in [1.82, 2.24) is 10.2 Å². The molecule has 2 aromatic carbocycles. The smallest absolute Gasteiger partial charge is 0.0654 e. The first-order chi connectivity index (χ1) is 14.5. The summed E-state index contributed by atoms with van der Waals surface area (Å²) in [7, 11) is 2.25. The summed E-state index contributed by atoms with van der Waals surface area (Å²) in [6.45, 7) is 3.27. The highest BCUT2D eigenvalue weighted by molar-refractivity contribution is 6.36. The van der Waals surface area contributed by atoms with Crippen molar-refractivity contribution in [3.63, 3.8) is 0 Å². The summed E-state index contributed by atoms with van der Waals surface area (Å²) in [5.74, 6) is 0. The minimum absolute atomic E-state index is 0.251. The van der Waals surface area contributed by atoms with E-state index in [4.69, 9.17) is 34.8 Å². The van der Waals surface area contributed by atoms with Gasteiger partial charge in [-0.05, 0) is 88.1 Å². The van der Waals surface area contributed by atoms with Crippen LogP contribution in [-0.4, -0.2) is 43.7 Å². The van der Waals surface area contributed by atoms with E-state index in [1.807, 2.05) is 30.3 Å². The van der Waals surface area contributed by atoms with Gasteiger partial charge in [0.05, 0.1) is 16.8 Å². The van der Waals surface area contributed by atoms with Gasteiger partial charge in [0, 0.05) is 28.7 Å². The van der Waals surface area contributed by atoms with Crippen molar-refractivity contribution < 1.29 is 0 Å². The molecule has 3 atom stereocenters. The molecule has 2 aliphatic heterocycles. The van der Waals surface area contributed by atoms with Crippen LogP contribution in [0.4, 0.5) is 5.69 Å². The molecule has 3 nitrogen and oxygen atoms in total. The van der Waals surface area contributed by atoms with E-state index in [-0.39, 0.29) is 6.04 Å². The number of likely N-dealkylation sites (tertiary alicyclic amines) is 1. The summed E-state index contributed by atoms with van der Waals surface area (Å²) in [5.41, 5.74) is 2.32. The van der Waals surface area contributed by atoms with Crippen molar-refractivity contribution in [3.05, 3.63) is 63.1 Å². The second-order valence-electron chi connectivity index (χ2n) is 8.60. The number of anilines is 1. The Balaban J connectivity index is 1.47. The maximum Gasteiger partial charge on any atom is 0.0654 e. The highest BCUT2D eigenvalue weighted by atomic mass is 35.5. The minimum Gasteiger partial charge on any atom is -0.363 e. The Bertz CT molecular complexity index is 842. The van der Waals surface area contributed by atoms with Crippen LogP contribution in [0.1, 0.15) is 43.7 Å². The van der Waals surface area contributed by atoms with Crippen LogP contribution in [-0.2, 0) is 0 Å². The molecule has 3 unspecified atom stereocenters. The second kappa shape index (κ2) is 10.1. The van der Waals surface area contributed by atoms with Gasteiger partial charge in [0.2, 0.25) is 0 Å². The molecular formula is C24H30Cl3N3. The van der Waals surface area contributed by atoms with E-state index >= 15 is 0 Å². The van der Waals surface area contributed by atoms with E-state index in [1.54, 1.807) is 0 Å². The lowest BCUT2D eigenvalue weighted by Crippen LogP contribution is -2.45. The lowest BCUT2D eigenvalue weighted by Gasteiger charge is -2.42. The third-order valence-corrected chi connectivity index (χ3v) is 7.45. The van der Waals surface area contributed by atoms with Gasteiger partial charge in [-0.2, -0.15) is 0 Å². The van der Waals surface area contributed by atoms with Crippen molar-refractivity contribution in [3.8, 4) is 0 Å². The highest BCUT2D eigenvalue weighted by Crippen LogP contribution is 2.39. The standard InChI is InChI=1S/C24H30Cl3N3/c1-29-13-2-3-21(29)10-12-28-20-11-14-30(23-9-8-19(26)15-22(23)27)24(16-20)17-4-6-18(25)7-5-17/h4-9,15,20-21,24,28H,2-3,10-14,16H2,1H3. The first-order valence-corrected chi connectivity index (χ1v) is 12.1. The topological polar surface area (TPSA) is 18.5 Å². The molecule has 2 aromatic rings. The van der Waals surface area contributed by atoms with Crippen LogP contribution < -0.4 is 10.2 Å². The molecule has 2 heterocycles. The van der Waals surface area contributed by atoms with Crippen LogP contribution >= 0.6 is 34.8 Å². The fourth-order valence-electron chi connectivity index (χ4n) is 4.95. The quantitative estimate of drug-likeness (QED) is 0.529. The molecular weight excluding hydrogens is 437 g/mol. The average Bonchev–Trinajstić information content (AvgIpc) is 3.14. The Morgan fingerprint density at radius 1 is 0.967 bits per heavy atom. The molecule has 1 N–H and O–H groups in total. The average molecular weight is 467 g/mol. The third-order valence-electron chi connectivity index (χ3n) is 6.66. The van der Waals surface area contributed by atoms with Crippen LogP contribution in [0.3, 0.4) is 0 Å². The molecule has 6 heteroatoms. The summed E-state index contributed by atoms with van der Waals surface area (Å²) in [6.07, 6.45) is 6.04. The maximum atomic E-state index is 6.58. The van der Waals surface area contributed by atoms with Gasteiger partial charge in [-0.3, -0.25) is 0 Å². The molecule has 2 saturated heterocycles. The van der Waals surface area contributed by atoms with Crippen LogP contribution in [0.5, 0.6) is 0 Å². The van der Waals surface area contributed by atoms with E-state index in [0.29, 0.717) is 16.1 Å². The van der Waals surface area contributed by atoms with E-state index in [1.165, 1.54) is 31.4 Å². The van der Waals surface area contributed by atoms with Gasteiger partial charge < -0.3 is 15.1 Å². The zero-order valence-corrected chi connectivity index (χ0v) is 19.7. The van der Waals surface area contributed by atoms with Gasteiger partial charge in [-0.15, -0.1) is 0 Å². The molecule has 30 heavy (non-hydrogen) atoms. The molecule has 2 aliphatic rings. The molecule has 0 spiro atoms. The number of nitrogens with zero attached hydrogens (tertiary/aromatic N) is 2. The van der Waals surface area contributed by atoms with Crippen molar-refractivity contribution in [2.45, 2.75) is 50.2 Å². The number of benzene rings is 2. The Kier molecular flexibility index (Phi) is 7.48. The van der Waals surface area contributed by atoms with E-state index in [9.17, 15) is 0 Å². The van der Waals surface area contributed by atoms with Crippen LogP contribution in [0, 0.1) is 0 Å². The fourth-order valence-corrected chi connectivity index (χ4v) is 5.60. The van der Waals surface area contributed by atoms with Gasteiger partial charge in [0.1, 0.15) is 0 Å². The summed E-state index contributed by atoms with van der Waals surface area (Å²) in [5, 5.41) is 5.98. The van der Waals surface area contributed by atoms with E-state index in [2.05, 4.69) is 34.3 Å². The van der Waals surface area contributed by atoms with Crippen molar-refractivity contribution in [2.24, 2.45) is 0 Å². The number of hydrogen-bond donors (Lipinski definition) is 1. The van der Waals surface area contributed by atoms with Gasteiger partial charge in [0.15, 0.2) is 0 Å². The van der Waals surface area contributed by atoms with Gasteiger partial charge in [-0.25, -0.2) is 0 Å². The summed E-state index contributed by atoms with van der Waals surface area (Å²) in [4.78, 5) is 4.92. The predicted molar refractivity (Wildman–Crippen MR) is 129 cm³/mol. The Morgan fingerprint density at radius 2 is 1.73 bits per heavy atom. The number of rotatable bonds is 6. The number of nitrogens with one attached hydrogen (secondary N) is 1. The SMILES string of the molecule is CN1CCCC1CCNC1CCN(c2ccc(Cl)cc2Cl)C(c2ccc(Cl)cc2)C1. The van der Waals surface area contributed by atoms with Crippen LogP contribution in [0.2, 0.25) is 15.1 Å². The molecule has 0 aromatic heterocycles. The normalized spacial score (nSPS) is 25.1. The minimum atomic E-state index is 0.251. The first-order valence-electron chi connectivity index (χ1n) is 10.9. The maximum absolute atomic E-state index is 6.58. The molecule has 4 rings (SSSR count). The summed E-state index contributed by atoms with van der Waals surface area (Å²) >= 11 is 18.9. The molecule has 0 bridgehead atoms. The molecule has 0 aliphatic carbocycles. The Morgan fingerprint density at radius 3 is 2.43 bits per heavy atom. The van der Waals surface area contributed by atoms with Gasteiger partial charge >= 0.3 is 0 Å². The summed E-state index contributed by atoms with van der Waals surface area (Å²) in [6, 6.07) is 15.5. The first kappa shape index (κ1) is 22.2. The Labute approximate surface area is 195 Å². The monoisotopic (exact) mass is 465 g/mol. The molecule has 0 saturated carbocycles. The largest absolute Gasteiger partial charge is 0.363 e. The molecule has 0 amide bonds. The van der Waals surface area contributed by atoms with Crippen molar-refractivity contribution in [1.29, 1.82) is 0 Å². The van der Waals surface area contributed by atoms with Crippen LogP contribution in [0.25, 0.3) is 0 Å². The predicted octanol–water partition coefficient (Wildman–Crippen LogP) is 6.43. The molecule has 0 radical (unpaired) electrons. The number of piperidine rings is 1. The van der Waals surface area contributed by atoms with Gasteiger partial charge in [0.25, 0.3) is 0 Å². The highest BCUT2D eigenvalue weighted by Gasteiger charge is 2.31. The number of hydrogen-bond acceptors (Lipinski definition) is 3. The van der Waals surface area contributed by atoms with Crippen LogP contribution in [0.15, 0.2) is 42.5 Å². The lowest BCUT2D eigenvalue weighted by atomic mass is 9.91. The van der Waals surface area contributed by atoms with Crippen molar-refractivity contribution >= 4 is 40.5 Å². The zero-order valence-electron chi connectivity index (χ0n) is 17.5. The molecule has 162 valence electrons. The van der Waals surface area contributed by atoms with Gasteiger partial charge in [-0.1, -0.05) is 46.9 Å². The fraction of sp³-hybridized carbons (Fsp3) is 0.500. The van der Waals surface area contributed by atoms with Crippen molar-refractivity contribution in [2.75, 3.05) is 31.6 Å². The summed E-state index contributed by atoms with van der Waals surface area (Å²) < 4.78 is 0. The van der Waals surface area contributed by atoms with E-state index in [0.717, 1.165) is 42.7 Å². The third kappa shape index (κ3) is 5.26. The second-order valence-corrected chi connectivity index (χ2v) is 9.88. The Hall–Kier alpha value is -0.970. The zero-order chi connectivity index (χ0) is 21.1. The molecule has 2 fully saturated rings. The van der Waals surface area contributed by atoms with E-state index < -0.39 is 0 Å². The number of halogens is 3. The lowest BCUT2D eigenvalue weighted by molar-refractivity contribution is 0.282.